The van der Waals surface area contributed by atoms with Crippen LogP contribution in [0.25, 0.3) is 0 Å². The number of esters is 5. The van der Waals surface area contributed by atoms with Gasteiger partial charge in [0.25, 0.3) is 0 Å². The lowest BCUT2D eigenvalue weighted by molar-refractivity contribution is -0.377. The predicted molar refractivity (Wildman–Crippen MR) is 380 cm³/mol. The summed E-state index contributed by atoms with van der Waals surface area (Å²) in [4.78, 5) is 101. The molecule has 2 amide bonds. The second-order valence-corrected chi connectivity index (χ2v) is 26.0. The lowest BCUT2D eigenvalue weighted by atomic mass is 9.93. The van der Waals surface area contributed by atoms with Gasteiger partial charge in [0.05, 0.1) is 77.9 Å². The van der Waals surface area contributed by atoms with Crippen molar-refractivity contribution in [2.45, 2.75) is 152 Å². The largest absolute Gasteiger partial charge is 0.459 e. The maximum atomic E-state index is 15.2. The zero-order valence-electron chi connectivity index (χ0n) is 58.7. The van der Waals surface area contributed by atoms with Crippen molar-refractivity contribution < 1.29 is 105 Å². The zero-order valence-corrected chi connectivity index (χ0v) is 58.7. The summed E-state index contributed by atoms with van der Waals surface area (Å²) in [6, 6.07) is 65.5. The quantitative estimate of drug-likeness (QED) is 0.0214. The smallest absolute Gasteiger partial charge is 0.407 e. The molecule has 11 rings (SSSR count). The number of hydrogen-bond acceptors (Lipinski definition) is 22. The Morgan fingerprint density at radius 2 is 0.726 bits per heavy atom. The number of nitrogens with one attached hydrogen (secondary N) is 2. The van der Waals surface area contributed by atoms with E-state index in [0.717, 1.165) is 11.1 Å². The van der Waals surface area contributed by atoms with Crippen LogP contribution in [-0.4, -0.2) is 164 Å². The van der Waals surface area contributed by atoms with E-state index in [9.17, 15) is 33.9 Å². The Bertz CT molecular complexity index is 4110. The molecule has 554 valence electrons. The van der Waals surface area contributed by atoms with Gasteiger partial charge < -0.3 is 82.1 Å². The fourth-order valence-electron chi connectivity index (χ4n) is 12.3. The van der Waals surface area contributed by atoms with Gasteiger partial charge in [-0.1, -0.05) is 182 Å². The summed E-state index contributed by atoms with van der Waals surface area (Å²) < 4.78 is 93.3. The SMILES string of the molecule is C[C@@H]1O[C@@H](OCCNC(=O)OCc2ccccc2)[C@H](OC(=O)c2ccccc2)[C@H](O[C@@H]2O[C@@H](C)[C@H](OCc3ccccc3)[C@@H](O[C@@H]3O[C@H](COC(=O)c4ccccc4)[C@@H](NC(=O)CC(C)(C)O)[C@H](OC(=O)c4ccccc4)[C@H]3OC(=O)c3ccccc3)[C@H]2OC(=O)c2ccccc2)[C@H]1OCc1ccccc1. The fourth-order valence-corrected chi connectivity index (χ4v) is 12.3. The van der Waals surface area contributed by atoms with E-state index in [1.54, 1.807) is 117 Å². The van der Waals surface area contributed by atoms with Crippen LogP contribution in [0.1, 0.15) is 103 Å². The number of hydrogen-bond donors (Lipinski definition) is 3. The summed E-state index contributed by atoms with van der Waals surface area (Å²) in [6.45, 7) is 4.91. The van der Waals surface area contributed by atoms with E-state index in [0.29, 0.717) is 5.56 Å². The van der Waals surface area contributed by atoms with Crippen molar-refractivity contribution in [3.05, 3.63) is 287 Å². The number of carbonyl (C=O) groups is 7. The standard InChI is InChI=1S/C82H84N2O22/c1-52-65(94-48-54-29-13-5-14-30-54)68(71(103-76(89)60-41-25-11-26-42-60)78(98-52)93-46-45-83-81(91)97-50-56-33-17-7-18-34-56)105-79-72(104-77(90)61-43-27-12-28-44-61)69(66(53(2)99-79)95-49-55-31-15-6-16-32-55)106-80-70(102-75(88)59-39-23-10-24-40-59)67(101-74(87)58-37-21-9-22-38-58)64(84-63(85)47-82(3,4)92)62(100-80)51-96-73(86)57-35-19-8-20-36-57/h5-44,52-53,62,64-72,78-80,92H,45-51H2,1-4H3,(H,83,91)(H,84,85)/t52-,53-,62+,64+,65-,66-,67-,68+,69+,70+,71+,72+,78+,79-,80-/m0/s1. The van der Waals surface area contributed by atoms with E-state index in [1.165, 1.54) is 62.4 Å². The molecule has 3 heterocycles. The number of aliphatic hydroxyl groups is 1. The predicted octanol–water partition coefficient (Wildman–Crippen LogP) is 10.5. The number of benzene rings is 8. The minimum absolute atomic E-state index is 0.00848. The van der Waals surface area contributed by atoms with Crippen LogP contribution in [0.5, 0.6) is 0 Å². The van der Waals surface area contributed by atoms with E-state index in [2.05, 4.69) is 10.6 Å². The Morgan fingerprint density at radius 1 is 0.387 bits per heavy atom. The Kier molecular flexibility index (Phi) is 27.1. The maximum absolute atomic E-state index is 15.2. The molecule has 0 radical (unpaired) electrons. The molecule has 15 atom stereocenters. The van der Waals surface area contributed by atoms with Crippen molar-refractivity contribution in [3.63, 3.8) is 0 Å². The average molecular weight is 1450 g/mol. The number of ether oxygens (including phenoxy) is 14. The Labute approximate surface area is 613 Å². The summed E-state index contributed by atoms with van der Waals surface area (Å²) in [5.74, 6) is -5.38. The molecule has 0 bridgehead atoms. The molecule has 3 aliphatic heterocycles. The van der Waals surface area contributed by atoms with Gasteiger partial charge in [-0.15, -0.1) is 0 Å². The van der Waals surface area contributed by atoms with Crippen molar-refractivity contribution in [1.29, 1.82) is 0 Å². The van der Waals surface area contributed by atoms with Gasteiger partial charge in [0.1, 0.15) is 43.7 Å². The van der Waals surface area contributed by atoms with Gasteiger partial charge in [0.2, 0.25) is 5.91 Å². The van der Waals surface area contributed by atoms with Crippen LogP contribution in [0, 0.1) is 0 Å². The van der Waals surface area contributed by atoms with E-state index >= 15 is 4.79 Å². The summed E-state index contributed by atoms with van der Waals surface area (Å²) in [5, 5.41) is 16.6. The van der Waals surface area contributed by atoms with Gasteiger partial charge >= 0.3 is 35.9 Å². The topological polar surface area (TPSA) is 293 Å². The Hall–Kier alpha value is -10.5. The third-order valence-corrected chi connectivity index (χ3v) is 17.4. The van der Waals surface area contributed by atoms with Crippen LogP contribution in [0.15, 0.2) is 243 Å². The normalized spacial score (nSPS) is 24.2. The molecule has 24 heteroatoms. The monoisotopic (exact) mass is 1450 g/mol. The van der Waals surface area contributed by atoms with Crippen LogP contribution in [0.2, 0.25) is 0 Å². The van der Waals surface area contributed by atoms with E-state index in [1.807, 2.05) is 91.0 Å². The third-order valence-electron chi connectivity index (χ3n) is 17.4. The molecule has 3 N–H and O–H groups in total. The zero-order chi connectivity index (χ0) is 74.4. The van der Waals surface area contributed by atoms with Crippen molar-refractivity contribution >= 4 is 41.8 Å². The summed E-state index contributed by atoms with van der Waals surface area (Å²) in [7, 11) is 0. The highest BCUT2D eigenvalue weighted by Gasteiger charge is 2.59. The molecule has 24 nitrogen and oxygen atoms in total. The summed E-state index contributed by atoms with van der Waals surface area (Å²) >= 11 is 0. The lowest BCUT2D eigenvalue weighted by Gasteiger charge is -2.51. The minimum atomic E-state index is -2.02. The average Bonchev–Trinajstić information content (AvgIpc) is 0.758. The van der Waals surface area contributed by atoms with Gasteiger partial charge in [0.15, 0.2) is 43.3 Å². The van der Waals surface area contributed by atoms with Crippen LogP contribution < -0.4 is 10.6 Å². The highest BCUT2D eigenvalue weighted by Crippen LogP contribution is 2.39. The molecule has 0 unspecified atom stereocenters. The molecule has 8 aromatic carbocycles. The summed E-state index contributed by atoms with van der Waals surface area (Å²) in [6.07, 6.45) is -23.4. The highest BCUT2D eigenvalue weighted by atomic mass is 16.8. The first-order chi connectivity index (χ1) is 51.4. The van der Waals surface area contributed by atoms with Crippen molar-refractivity contribution in [3.8, 4) is 0 Å². The maximum Gasteiger partial charge on any atom is 0.407 e. The van der Waals surface area contributed by atoms with Crippen LogP contribution >= 0.6 is 0 Å². The molecule has 106 heavy (non-hydrogen) atoms. The van der Waals surface area contributed by atoms with Gasteiger partial charge in [-0.3, -0.25) is 4.79 Å². The van der Waals surface area contributed by atoms with Gasteiger partial charge in [-0.25, -0.2) is 28.8 Å². The van der Waals surface area contributed by atoms with E-state index in [-0.39, 0.29) is 60.8 Å². The first kappa shape index (κ1) is 76.6. The number of carbonyl (C=O) groups excluding carboxylic acids is 7. The first-order valence-electron chi connectivity index (χ1n) is 34.8. The summed E-state index contributed by atoms with van der Waals surface area (Å²) in [5.41, 5.74) is 0.905. The first-order valence-corrected chi connectivity index (χ1v) is 34.8. The Balaban J connectivity index is 1.04. The fraction of sp³-hybridized carbons (Fsp3) is 0.329. The number of alkyl carbamates (subject to hydrolysis) is 1. The molecule has 0 aromatic heterocycles. The molecule has 3 fully saturated rings. The molecule has 3 aliphatic rings. The van der Waals surface area contributed by atoms with Crippen LogP contribution in [0.4, 0.5) is 4.79 Å². The minimum Gasteiger partial charge on any atom is -0.459 e. The van der Waals surface area contributed by atoms with Crippen LogP contribution in [-0.2, 0) is 90.9 Å². The lowest BCUT2D eigenvalue weighted by Crippen LogP contribution is -2.69. The second-order valence-electron chi connectivity index (χ2n) is 26.0. The van der Waals surface area contributed by atoms with Gasteiger partial charge in [0, 0.05) is 6.54 Å². The van der Waals surface area contributed by atoms with Gasteiger partial charge in [-0.2, -0.15) is 0 Å². The number of rotatable bonds is 30. The molecule has 0 spiro atoms. The van der Waals surface area contributed by atoms with Crippen LogP contribution in [0.3, 0.4) is 0 Å². The Morgan fingerprint density at radius 3 is 1.13 bits per heavy atom. The third kappa shape index (κ3) is 21.4. The molecule has 0 aliphatic carbocycles. The molecule has 8 aromatic rings. The van der Waals surface area contributed by atoms with E-state index < -0.39 is 153 Å². The molecular formula is C82H84N2O22. The molecule has 0 saturated carbocycles. The van der Waals surface area contributed by atoms with Gasteiger partial charge in [-0.05, 0) is 105 Å². The second kappa shape index (κ2) is 37.5. The number of amides is 2. The van der Waals surface area contributed by atoms with Crippen molar-refractivity contribution in [2.24, 2.45) is 0 Å². The van der Waals surface area contributed by atoms with E-state index in [4.69, 9.17) is 66.3 Å². The highest BCUT2D eigenvalue weighted by molar-refractivity contribution is 5.92. The van der Waals surface area contributed by atoms with Crippen molar-refractivity contribution in [2.75, 3.05) is 19.8 Å². The molecule has 3 saturated heterocycles. The van der Waals surface area contributed by atoms with Crippen molar-refractivity contribution in [1.82, 2.24) is 10.6 Å². The molecular weight excluding hydrogens is 1360 g/mol.